The molecule has 0 spiro atoms. The summed E-state index contributed by atoms with van der Waals surface area (Å²) >= 11 is 9.20. The van der Waals surface area contributed by atoms with E-state index in [0.717, 1.165) is 10.0 Å². The largest absolute Gasteiger partial charge is 0.292 e. The molecule has 1 saturated heterocycles. The Morgan fingerprint density at radius 2 is 1.83 bits per heavy atom. The second-order valence-corrected chi connectivity index (χ2v) is 9.77. The van der Waals surface area contributed by atoms with Gasteiger partial charge >= 0.3 is 0 Å². The first-order chi connectivity index (χ1) is 13.8. The van der Waals surface area contributed by atoms with Crippen LogP contribution in [0.1, 0.15) is 5.56 Å². The zero-order valence-corrected chi connectivity index (χ0v) is 18.6. The highest BCUT2D eigenvalue weighted by atomic mass is 79.9. The number of hydrazone groups is 1. The third kappa shape index (κ3) is 6.10. The minimum atomic E-state index is -3.53. The topological polar surface area (TPSA) is 82.1 Å². The van der Waals surface area contributed by atoms with E-state index in [1.54, 1.807) is 42.5 Å². The molecule has 29 heavy (non-hydrogen) atoms. The lowest BCUT2D eigenvalue weighted by atomic mass is 10.2. The predicted octanol–water partition coefficient (Wildman–Crippen LogP) is 2.56. The van der Waals surface area contributed by atoms with Gasteiger partial charge in [-0.2, -0.15) is 9.41 Å². The highest BCUT2D eigenvalue weighted by molar-refractivity contribution is 9.10. The van der Waals surface area contributed by atoms with Crippen LogP contribution < -0.4 is 5.43 Å². The minimum absolute atomic E-state index is 0.152. The van der Waals surface area contributed by atoms with Crippen molar-refractivity contribution in [2.45, 2.75) is 4.90 Å². The summed E-state index contributed by atoms with van der Waals surface area (Å²) in [7, 11) is -3.53. The van der Waals surface area contributed by atoms with Crippen LogP contribution >= 0.6 is 27.5 Å². The molecule has 154 valence electrons. The van der Waals surface area contributed by atoms with Crippen molar-refractivity contribution in [2.75, 3.05) is 32.7 Å². The van der Waals surface area contributed by atoms with Gasteiger partial charge in [-0.3, -0.25) is 9.69 Å². The molecule has 0 bridgehead atoms. The molecule has 3 rings (SSSR count). The standard InChI is InChI=1S/C19H20BrClN4O3S/c20-16-4-6-18(7-5-16)29(27,28)25-10-8-24(9-11-25)14-19(26)23-22-13-15-2-1-3-17(21)12-15/h1-7,12-13H,8-11,14H2,(H,23,26)/b22-13+. The van der Waals surface area contributed by atoms with Gasteiger partial charge in [0.1, 0.15) is 0 Å². The van der Waals surface area contributed by atoms with Gasteiger partial charge in [-0.25, -0.2) is 13.8 Å². The molecule has 2 aromatic carbocycles. The average Bonchev–Trinajstić information content (AvgIpc) is 2.69. The second-order valence-electron chi connectivity index (χ2n) is 6.48. The molecule has 0 radical (unpaired) electrons. The van der Waals surface area contributed by atoms with Crippen molar-refractivity contribution in [1.29, 1.82) is 0 Å². The van der Waals surface area contributed by atoms with Crippen LogP contribution in [-0.4, -0.2) is 62.5 Å². The van der Waals surface area contributed by atoms with Crippen molar-refractivity contribution in [1.82, 2.24) is 14.6 Å². The van der Waals surface area contributed by atoms with Crippen LogP contribution in [0.2, 0.25) is 5.02 Å². The molecule has 7 nitrogen and oxygen atoms in total. The van der Waals surface area contributed by atoms with Crippen molar-refractivity contribution < 1.29 is 13.2 Å². The van der Waals surface area contributed by atoms with Crippen LogP contribution in [-0.2, 0) is 14.8 Å². The van der Waals surface area contributed by atoms with Crippen LogP contribution in [0.3, 0.4) is 0 Å². The SMILES string of the molecule is O=C(CN1CCN(S(=O)(=O)c2ccc(Br)cc2)CC1)N/N=C/c1cccc(Cl)c1. The molecule has 1 heterocycles. The lowest BCUT2D eigenvalue weighted by molar-refractivity contribution is -0.122. The molecule has 1 N–H and O–H groups in total. The number of halogens is 2. The summed E-state index contributed by atoms with van der Waals surface area (Å²) in [6, 6.07) is 13.7. The van der Waals surface area contributed by atoms with Crippen LogP contribution in [0.15, 0.2) is 63.0 Å². The molecular weight excluding hydrogens is 480 g/mol. The van der Waals surface area contributed by atoms with Gasteiger partial charge in [0, 0.05) is 35.7 Å². The Hall–Kier alpha value is -1.78. The number of amides is 1. The summed E-state index contributed by atoms with van der Waals surface area (Å²) in [5.74, 6) is -0.257. The monoisotopic (exact) mass is 498 g/mol. The summed E-state index contributed by atoms with van der Waals surface area (Å²) in [6.45, 7) is 1.76. The number of hydrogen-bond donors (Lipinski definition) is 1. The smallest absolute Gasteiger partial charge is 0.254 e. The number of carbonyl (C=O) groups is 1. The van der Waals surface area contributed by atoms with Gasteiger partial charge in [0.05, 0.1) is 17.7 Å². The Kier molecular flexibility index (Phi) is 7.42. The minimum Gasteiger partial charge on any atom is -0.292 e. The maximum atomic E-state index is 12.7. The van der Waals surface area contributed by atoms with Gasteiger partial charge < -0.3 is 0 Å². The van der Waals surface area contributed by atoms with Crippen LogP contribution in [0, 0.1) is 0 Å². The zero-order chi connectivity index (χ0) is 20.9. The van der Waals surface area contributed by atoms with Gasteiger partial charge in [-0.15, -0.1) is 0 Å². The van der Waals surface area contributed by atoms with Gasteiger partial charge in [0.25, 0.3) is 5.91 Å². The quantitative estimate of drug-likeness (QED) is 0.489. The Morgan fingerprint density at radius 1 is 1.14 bits per heavy atom. The van der Waals surface area contributed by atoms with Gasteiger partial charge in [0.2, 0.25) is 10.0 Å². The van der Waals surface area contributed by atoms with Crippen molar-refractivity contribution in [3.05, 3.63) is 63.6 Å². The molecular formula is C19H20BrClN4O3S. The molecule has 0 aliphatic carbocycles. The number of benzene rings is 2. The Morgan fingerprint density at radius 3 is 2.48 bits per heavy atom. The molecule has 1 aliphatic heterocycles. The van der Waals surface area contributed by atoms with Crippen molar-refractivity contribution in [3.8, 4) is 0 Å². The lowest BCUT2D eigenvalue weighted by Crippen LogP contribution is -2.50. The molecule has 0 saturated carbocycles. The van der Waals surface area contributed by atoms with E-state index >= 15 is 0 Å². The van der Waals surface area contributed by atoms with Gasteiger partial charge in [-0.1, -0.05) is 39.7 Å². The summed E-state index contributed by atoms with van der Waals surface area (Å²) in [6.07, 6.45) is 1.52. The normalized spacial score (nSPS) is 16.2. The Bertz CT molecular complexity index is 991. The number of hydrogen-bond acceptors (Lipinski definition) is 5. The van der Waals surface area contributed by atoms with Crippen molar-refractivity contribution >= 4 is 49.7 Å². The third-order valence-electron chi connectivity index (χ3n) is 4.40. The summed E-state index contributed by atoms with van der Waals surface area (Å²) < 4.78 is 27.7. The molecule has 0 atom stereocenters. The van der Waals surface area contributed by atoms with Gasteiger partial charge in [-0.05, 0) is 42.0 Å². The third-order valence-corrected chi connectivity index (χ3v) is 7.08. The van der Waals surface area contributed by atoms with E-state index in [-0.39, 0.29) is 17.3 Å². The van der Waals surface area contributed by atoms with E-state index < -0.39 is 10.0 Å². The maximum Gasteiger partial charge on any atom is 0.254 e. The summed E-state index contributed by atoms with van der Waals surface area (Å²) in [5, 5.41) is 4.52. The molecule has 1 amide bonds. The average molecular weight is 500 g/mol. The molecule has 0 aromatic heterocycles. The van der Waals surface area contributed by atoms with Crippen molar-refractivity contribution in [3.63, 3.8) is 0 Å². The highest BCUT2D eigenvalue weighted by Gasteiger charge is 2.28. The van der Waals surface area contributed by atoms with Crippen LogP contribution in [0.5, 0.6) is 0 Å². The first kappa shape index (κ1) is 21.9. The number of nitrogens with one attached hydrogen (secondary N) is 1. The van der Waals surface area contributed by atoms with E-state index in [1.165, 1.54) is 10.5 Å². The van der Waals surface area contributed by atoms with Crippen LogP contribution in [0.25, 0.3) is 0 Å². The molecule has 1 aliphatic rings. The molecule has 1 fully saturated rings. The van der Waals surface area contributed by atoms with Gasteiger partial charge in [0.15, 0.2) is 0 Å². The van der Waals surface area contributed by atoms with E-state index in [4.69, 9.17) is 11.6 Å². The number of nitrogens with zero attached hydrogens (tertiary/aromatic N) is 3. The lowest BCUT2D eigenvalue weighted by Gasteiger charge is -2.33. The maximum absolute atomic E-state index is 12.7. The zero-order valence-electron chi connectivity index (χ0n) is 15.5. The molecule has 2 aromatic rings. The number of carbonyl (C=O) groups excluding carboxylic acids is 1. The van der Waals surface area contributed by atoms with E-state index in [0.29, 0.717) is 31.2 Å². The number of piperazine rings is 1. The van der Waals surface area contributed by atoms with Crippen LogP contribution in [0.4, 0.5) is 0 Å². The second kappa shape index (κ2) is 9.82. The first-order valence-corrected chi connectivity index (χ1v) is 11.5. The fraction of sp³-hybridized carbons (Fsp3) is 0.263. The Labute approximate surface area is 183 Å². The van der Waals surface area contributed by atoms with E-state index in [2.05, 4.69) is 26.5 Å². The molecule has 10 heteroatoms. The van der Waals surface area contributed by atoms with E-state index in [1.807, 2.05) is 11.0 Å². The highest BCUT2D eigenvalue weighted by Crippen LogP contribution is 2.20. The predicted molar refractivity (Wildman–Crippen MR) is 117 cm³/mol. The van der Waals surface area contributed by atoms with E-state index in [9.17, 15) is 13.2 Å². The van der Waals surface area contributed by atoms with Crippen molar-refractivity contribution in [2.24, 2.45) is 5.10 Å². The number of sulfonamides is 1. The Balaban J connectivity index is 1.48. The summed E-state index contributed by atoms with van der Waals surface area (Å²) in [5.41, 5.74) is 3.26. The summed E-state index contributed by atoms with van der Waals surface area (Å²) in [4.78, 5) is 14.2. The molecule has 0 unspecified atom stereocenters. The fourth-order valence-corrected chi connectivity index (χ4v) is 4.77. The first-order valence-electron chi connectivity index (χ1n) is 8.90. The number of rotatable bonds is 6. The fourth-order valence-electron chi connectivity index (χ4n) is 2.89.